The maximum absolute atomic E-state index is 12.7. The van der Waals surface area contributed by atoms with E-state index in [1.54, 1.807) is 19.2 Å². The number of ether oxygens (including phenoxy) is 2. The molecule has 0 spiro atoms. The van der Waals surface area contributed by atoms with Crippen molar-refractivity contribution in [3.8, 4) is 11.5 Å². The summed E-state index contributed by atoms with van der Waals surface area (Å²) in [5.74, 6) is -0.405. The van der Waals surface area contributed by atoms with Crippen molar-refractivity contribution in [2.24, 2.45) is 0 Å². The second-order valence-corrected chi connectivity index (χ2v) is 6.03. The van der Waals surface area contributed by atoms with E-state index >= 15 is 0 Å². The number of hydrogen-bond donors (Lipinski definition) is 2. The number of nitrogens with one attached hydrogen (secondary N) is 1. The average molecular weight is 343 g/mol. The summed E-state index contributed by atoms with van der Waals surface area (Å²) >= 11 is 0. The summed E-state index contributed by atoms with van der Waals surface area (Å²) in [4.78, 5) is 23.8. The minimum Gasteiger partial charge on any atom is -0.497 e. The predicted molar refractivity (Wildman–Crippen MR) is 94.6 cm³/mol. The molecule has 0 heterocycles. The number of aromatic carboxylic acids is 1. The van der Waals surface area contributed by atoms with Crippen molar-refractivity contribution in [3.05, 3.63) is 53.6 Å². The lowest BCUT2D eigenvalue weighted by Gasteiger charge is -2.24. The largest absolute Gasteiger partial charge is 0.497 e. The van der Waals surface area contributed by atoms with Gasteiger partial charge >= 0.3 is 5.97 Å². The average Bonchev–Trinajstić information content (AvgIpc) is 2.61. The molecule has 0 saturated carbocycles. The Morgan fingerprint density at radius 1 is 1.00 bits per heavy atom. The van der Waals surface area contributed by atoms with Crippen molar-refractivity contribution in [2.75, 3.05) is 19.5 Å². The van der Waals surface area contributed by atoms with Crippen LogP contribution >= 0.6 is 0 Å². The molecule has 25 heavy (non-hydrogen) atoms. The van der Waals surface area contributed by atoms with Gasteiger partial charge in [0.05, 0.1) is 19.6 Å². The van der Waals surface area contributed by atoms with Gasteiger partial charge in [0.2, 0.25) is 5.91 Å². The van der Waals surface area contributed by atoms with Crippen LogP contribution in [0, 0.1) is 0 Å². The Kier molecular flexibility index (Phi) is 5.32. The van der Waals surface area contributed by atoms with Crippen LogP contribution in [0.15, 0.2) is 42.5 Å². The minimum absolute atomic E-state index is 0.0370. The summed E-state index contributed by atoms with van der Waals surface area (Å²) in [5.41, 5.74) is 0.550. The number of methoxy groups -OCH3 is 2. The molecular formula is C19H21NO5. The van der Waals surface area contributed by atoms with Crippen LogP contribution in [-0.4, -0.2) is 31.2 Å². The normalized spacial score (nSPS) is 10.9. The summed E-state index contributed by atoms with van der Waals surface area (Å²) < 4.78 is 10.2. The van der Waals surface area contributed by atoms with Crippen LogP contribution in [0.5, 0.6) is 11.5 Å². The van der Waals surface area contributed by atoms with E-state index in [0.29, 0.717) is 11.4 Å². The molecule has 2 aromatic carbocycles. The van der Waals surface area contributed by atoms with E-state index in [4.69, 9.17) is 14.6 Å². The topological polar surface area (TPSA) is 84.9 Å². The molecule has 0 bridgehead atoms. The van der Waals surface area contributed by atoms with Gasteiger partial charge in [-0.2, -0.15) is 0 Å². The molecule has 0 unspecified atom stereocenters. The zero-order valence-corrected chi connectivity index (χ0v) is 14.6. The summed E-state index contributed by atoms with van der Waals surface area (Å²) in [6.45, 7) is 3.62. The molecule has 0 saturated heterocycles. The minimum atomic E-state index is -1.09. The van der Waals surface area contributed by atoms with Crippen molar-refractivity contribution in [1.29, 1.82) is 0 Å². The fourth-order valence-corrected chi connectivity index (χ4v) is 2.37. The van der Waals surface area contributed by atoms with E-state index in [9.17, 15) is 9.59 Å². The van der Waals surface area contributed by atoms with Crippen LogP contribution < -0.4 is 14.8 Å². The second kappa shape index (κ2) is 7.25. The van der Waals surface area contributed by atoms with Crippen molar-refractivity contribution in [3.63, 3.8) is 0 Å². The third-order valence-corrected chi connectivity index (χ3v) is 4.07. The van der Waals surface area contributed by atoms with Crippen molar-refractivity contribution >= 4 is 17.6 Å². The van der Waals surface area contributed by atoms with Gasteiger partial charge in [-0.3, -0.25) is 4.79 Å². The van der Waals surface area contributed by atoms with Gasteiger partial charge in [0, 0.05) is 11.8 Å². The van der Waals surface area contributed by atoms with Gasteiger partial charge < -0.3 is 19.9 Å². The number of carbonyl (C=O) groups excluding carboxylic acids is 1. The second-order valence-electron chi connectivity index (χ2n) is 6.03. The molecule has 0 aliphatic rings. The fourth-order valence-electron chi connectivity index (χ4n) is 2.37. The zero-order valence-electron chi connectivity index (χ0n) is 14.6. The number of carboxylic acids is 1. The first-order valence-electron chi connectivity index (χ1n) is 7.67. The number of hydrogen-bond acceptors (Lipinski definition) is 4. The lowest BCUT2D eigenvalue weighted by molar-refractivity contribution is -0.120. The first-order valence-corrected chi connectivity index (χ1v) is 7.67. The van der Waals surface area contributed by atoms with Crippen LogP contribution in [0.3, 0.4) is 0 Å². The number of anilines is 1. The van der Waals surface area contributed by atoms with Gasteiger partial charge in [-0.05, 0) is 43.7 Å². The molecule has 0 aliphatic carbocycles. The monoisotopic (exact) mass is 343 g/mol. The maximum atomic E-state index is 12.7. The first kappa shape index (κ1) is 18.3. The maximum Gasteiger partial charge on any atom is 0.339 e. The fraction of sp³-hybridized carbons (Fsp3) is 0.263. The van der Waals surface area contributed by atoms with Gasteiger partial charge in [-0.1, -0.05) is 12.1 Å². The van der Waals surface area contributed by atoms with E-state index in [1.807, 2.05) is 26.0 Å². The molecule has 2 rings (SSSR count). The Balaban J connectivity index is 2.23. The summed E-state index contributed by atoms with van der Waals surface area (Å²) in [6, 6.07) is 11.7. The Morgan fingerprint density at radius 3 is 2.16 bits per heavy atom. The van der Waals surface area contributed by atoms with Crippen molar-refractivity contribution < 1.29 is 24.2 Å². The Hall–Kier alpha value is -3.02. The zero-order chi connectivity index (χ0) is 18.6. The van der Waals surface area contributed by atoms with E-state index in [0.717, 1.165) is 5.56 Å². The highest BCUT2D eigenvalue weighted by molar-refractivity contribution is 5.99. The number of amides is 1. The molecule has 132 valence electrons. The molecule has 0 fully saturated rings. The van der Waals surface area contributed by atoms with Crippen LogP contribution in [0.4, 0.5) is 5.69 Å². The molecule has 0 aliphatic heterocycles. The highest BCUT2D eigenvalue weighted by atomic mass is 16.5. The van der Waals surface area contributed by atoms with Gasteiger partial charge in [0.25, 0.3) is 0 Å². The van der Waals surface area contributed by atoms with Crippen LogP contribution in [0.2, 0.25) is 0 Å². The molecule has 6 nitrogen and oxygen atoms in total. The third kappa shape index (κ3) is 3.91. The van der Waals surface area contributed by atoms with E-state index in [-0.39, 0.29) is 17.2 Å². The SMILES string of the molecule is COc1ccc(C(C)(C)C(=O)Nc2ccc(C(=O)O)c(OC)c2)cc1. The smallest absolute Gasteiger partial charge is 0.339 e. The number of carbonyl (C=O) groups is 2. The Bertz CT molecular complexity index is 781. The Morgan fingerprint density at radius 2 is 1.64 bits per heavy atom. The lowest BCUT2D eigenvalue weighted by Crippen LogP contribution is -2.34. The summed E-state index contributed by atoms with van der Waals surface area (Å²) in [7, 11) is 2.97. The molecule has 0 radical (unpaired) electrons. The van der Waals surface area contributed by atoms with Gasteiger partial charge in [-0.25, -0.2) is 4.79 Å². The standard InChI is InChI=1S/C19H21NO5/c1-19(2,12-5-8-14(24-3)9-6-12)18(23)20-13-7-10-15(17(21)22)16(11-13)25-4/h5-11H,1-4H3,(H,20,23)(H,21,22). The molecule has 0 atom stereocenters. The summed E-state index contributed by atoms with van der Waals surface area (Å²) in [5, 5.41) is 11.9. The Labute approximate surface area is 146 Å². The van der Waals surface area contributed by atoms with E-state index in [2.05, 4.69) is 5.32 Å². The molecule has 2 aromatic rings. The highest BCUT2D eigenvalue weighted by Gasteiger charge is 2.30. The molecule has 0 aromatic heterocycles. The highest BCUT2D eigenvalue weighted by Crippen LogP contribution is 2.28. The van der Waals surface area contributed by atoms with Crippen molar-refractivity contribution in [1.82, 2.24) is 0 Å². The van der Waals surface area contributed by atoms with E-state index < -0.39 is 11.4 Å². The molecule has 2 N–H and O–H groups in total. The first-order chi connectivity index (χ1) is 11.8. The number of rotatable bonds is 6. The molecular weight excluding hydrogens is 322 g/mol. The van der Waals surface area contributed by atoms with Crippen molar-refractivity contribution in [2.45, 2.75) is 19.3 Å². The third-order valence-electron chi connectivity index (χ3n) is 4.07. The van der Waals surface area contributed by atoms with Crippen LogP contribution in [-0.2, 0) is 10.2 Å². The van der Waals surface area contributed by atoms with Crippen LogP contribution in [0.25, 0.3) is 0 Å². The number of benzene rings is 2. The quantitative estimate of drug-likeness (QED) is 0.840. The van der Waals surface area contributed by atoms with Gasteiger partial charge in [0.1, 0.15) is 17.1 Å². The lowest BCUT2D eigenvalue weighted by atomic mass is 9.83. The van der Waals surface area contributed by atoms with E-state index in [1.165, 1.54) is 25.3 Å². The van der Waals surface area contributed by atoms with Gasteiger partial charge in [0.15, 0.2) is 0 Å². The molecule has 1 amide bonds. The number of carboxylic acid groups (broad SMARTS) is 1. The summed E-state index contributed by atoms with van der Waals surface area (Å²) in [6.07, 6.45) is 0. The molecule has 6 heteroatoms. The van der Waals surface area contributed by atoms with Crippen LogP contribution in [0.1, 0.15) is 29.8 Å². The van der Waals surface area contributed by atoms with Gasteiger partial charge in [-0.15, -0.1) is 0 Å². The predicted octanol–water partition coefficient (Wildman–Crippen LogP) is 3.32.